The Morgan fingerprint density at radius 2 is 1.79 bits per heavy atom. The zero-order valence-electron chi connectivity index (χ0n) is 13.5. The molecule has 4 nitrogen and oxygen atoms in total. The lowest BCUT2D eigenvalue weighted by molar-refractivity contribution is 0.0827. The molecule has 24 heavy (non-hydrogen) atoms. The zero-order valence-corrected chi connectivity index (χ0v) is 14.2. The average molecular weight is 341 g/mol. The minimum atomic E-state index is -0.223. The maximum atomic E-state index is 11.9. The molecule has 0 heterocycles. The van der Waals surface area contributed by atoms with Crippen LogP contribution < -0.4 is 5.32 Å². The third kappa shape index (κ3) is 4.87. The van der Waals surface area contributed by atoms with Crippen molar-refractivity contribution in [3.8, 4) is 11.8 Å². The fourth-order valence-electron chi connectivity index (χ4n) is 1.96. The second-order valence-corrected chi connectivity index (χ2v) is 5.71. The van der Waals surface area contributed by atoms with Gasteiger partial charge in [-0.1, -0.05) is 29.5 Å². The van der Waals surface area contributed by atoms with Crippen LogP contribution in [0.15, 0.2) is 48.5 Å². The molecule has 2 aromatic rings. The Labute approximate surface area is 146 Å². The van der Waals surface area contributed by atoms with Crippen LogP contribution in [0.1, 0.15) is 26.3 Å². The molecule has 0 saturated heterocycles. The Bertz CT molecular complexity index is 802. The first-order valence-corrected chi connectivity index (χ1v) is 7.69. The summed E-state index contributed by atoms with van der Waals surface area (Å²) in [7, 11) is 3.41. The van der Waals surface area contributed by atoms with E-state index in [-0.39, 0.29) is 18.4 Å². The first-order chi connectivity index (χ1) is 11.5. The molecule has 5 heteroatoms. The van der Waals surface area contributed by atoms with Gasteiger partial charge in [0, 0.05) is 35.8 Å². The summed E-state index contributed by atoms with van der Waals surface area (Å²) in [6.45, 7) is 0.226. The van der Waals surface area contributed by atoms with Gasteiger partial charge in [-0.2, -0.15) is 0 Å². The van der Waals surface area contributed by atoms with Gasteiger partial charge < -0.3 is 10.2 Å². The van der Waals surface area contributed by atoms with E-state index in [0.717, 1.165) is 5.56 Å². The van der Waals surface area contributed by atoms with Crippen molar-refractivity contribution < 1.29 is 9.59 Å². The summed E-state index contributed by atoms with van der Waals surface area (Å²) < 4.78 is 0. The van der Waals surface area contributed by atoms with E-state index in [1.165, 1.54) is 4.90 Å². The van der Waals surface area contributed by atoms with Gasteiger partial charge in [-0.3, -0.25) is 9.59 Å². The molecule has 0 spiro atoms. The highest BCUT2D eigenvalue weighted by molar-refractivity contribution is 6.30. The average Bonchev–Trinajstić information content (AvgIpc) is 2.58. The lowest BCUT2D eigenvalue weighted by atomic mass is 10.1. The minimum Gasteiger partial charge on any atom is -0.345 e. The van der Waals surface area contributed by atoms with E-state index in [9.17, 15) is 9.59 Å². The van der Waals surface area contributed by atoms with Gasteiger partial charge in [-0.05, 0) is 42.5 Å². The summed E-state index contributed by atoms with van der Waals surface area (Å²) in [6.07, 6.45) is 0. The standard InChI is InChI=1S/C19H17ClN2O2/c1-22(2)19(24)15-10-8-14(9-11-15)5-4-12-21-18(23)16-6-3-7-17(20)13-16/h3,6-11,13H,12H2,1-2H3,(H,21,23). The van der Waals surface area contributed by atoms with Gasteiger partial charge in [-0.25, -0.2) is 0 Å². The summed E-state index contributed by atoms with van der Waals surface area (Å²) in [5.41, 5.74) is 1.89. The van der Waals surface area contributed by atoms with Crippen molar-refractivity contribution in [3.05, 3.63) is 70.2 Å². The molecule has 2 rings (SSSR count). The molecule has 0 bridgehead atoms. The van der Waals surface area contributed by atoms with Gasteiger partial charge in [0.15, 0.2) is 0 Å². The molecule has 0 unspecified atom stereocenters. The zero-order chi connectivity index (χ0) is 17.5. The monoisotopic (exact) mass is 340 g/mol. The summed E-state index contributed by atoms with van der Waals surface area (Å²) >= 11 is 5.85. The molecule has 2 aromatic carbocycles. The quantitative estimate of drug-likeness (QED) is 0.873. The Hall–Kier alpha value is -2.77. The summed E-state index contributed by atoms with van der Waals surface area (Å²) in [5.74, 6) is 5.54. The van der Waals surface area contributed by atoms with Crippen molar-refractivity contribution in [2.45, 2.75) is 0 Å². The van der Waals surface area contributed by atoms with E-state index < -0.39 is 0 Å². The van der Waals surface area contributed by atoms with Gasteiger partial charge in [0.25, 0.3) is 11.8 Å². The Balaban J connectivity index is 1.91. The van der Waals surface area contributed by atoms with Crippen LogP contribution in [-0.2, 0) is 0 Å². The van der Waals surface area contributed by atoms with Gasteiger partial charge in [-0.15, -0.1) is 0 Å². The van der Waals surface area contributed by atoms with Crippen LogP contribution in [-0.4, -0.2) is 37.4 Å². The normalized spacial score (nSPS) is 9.62. The second-order valence-electron chi connectivity index (χ2n) is 5.27. The Morgan fingerprint density at radius 3 is 2.42 bits per heavy atom. The van der Waals surface area contributed by atoms with E-state index in [2.05, 4.69) is 17.2 Å². The molecule has 1 N–H and O–H groups in total. The highest BCUT2D eigenvalue weighted by Crippen LogP contribution is 2.10. The fourth-order valence-corrected chi connectivity index (χ4v) is 2.15. The Kier molecular flexibility index (Phi) is 6.00. The van der Waals surface area contributed by atoms with Crippen LogP contribution in [0.2, 0.25) is 5.02 Å². The number of hydrogen-bond acceptors (Lipinski definition) is 2. The molecule has 0 aliphatic carbocycles. The fraction of sp³-hybridized carbons (Fsp3) is 0.158. The van der Waals surface area contributed by atoms with Crippen LogP contribution in [0, 0.1) is 11.8 Å². The molecular formula is C19H17ClN2O2. The van der Waals surface area contributed by atoms with E-state index in [1.54, 1.807) is 62.6 Å². The van der Waals surface area contributed by atoms with Crippen molar-refractivity contribution >= 4 is 23.4 Å². The Morgan fingerprint density at radius 1 is 1.08 bits per heavy atom. The molecular weight excluding hydrogens is 324 g/mol. The number of rotatable bonds is 3. The number of nitrogens with one attached hydrogen (secondary N) is 1. The highest BCUT2D eigenvalue weighted by Gasteiger charge is 2.06. The predicted molar refractivity (Wildman–Crippen MR) is 95.1 cm³/mol. The number of carbonyl (C=O) groups is 2. The lowest BCUT2D eigenvalue weighted by Crippen LogP contribution is -2.23. The molecule has 2 amide bonds. The molecule has 0 fully saturated rings. The van der Waals surface area contributed by atoms with E-state index >= 15 is 0 Å². The first kappa shape index (κ1) is 17.6. The second kappa shape index (κ2) is 8.19. The van der Waals surface area contributed by atoms with E-state index in [0.29, 0.717) is 16.1 Å². The summed E-state index contributed by atoms with van der Waals surface area (Å²) in [6, 6.07) is 13.8. The molecule has 0 aromatic heterocycles. The van der Waals surface area contributed by atoms with Crippen molar-refractivity contribution in [1.29, 1.82) is 0 Å². The first-order valence-electron chi connectivity index (χ1n) is 7.32. The summed E-state index contributed by atoms with van der Waals surface area (Å²) in [5, 5.41) is 3.22. The number of benzene rings is 2. The van der Waals surface area contributed by atoms with E-state index in [4.69, 9.17) is 11.6 Å². The van der Waals surface area contributed by atoms with Crippen molar-refractivity contribution in [2.75, 3.05) is 20.6 Å². The number of hydrogen-bond donors (Lipinski definition) is 1. The molecule has 0 radical (unpaired) electrons. The SMILES string of the molecule is CN(C)C(=O)c1ccc(C#CCNC(=O)c2cccc(Cl)c2)cc1. The highest BCUT2D eigenvalue weighted by atomic mass is 35.5. The third-order valence-corrected chi connectivity index (χ3v) is 3.43. The number of carbonyl (C=O) groups excluding carboxylic acids is 2. The lowest BCUT2D eigenvalue weighted by Gasteiger charge is -2.09. The van der Waals surface area contributed by atoms with Crippen LogP contribution in [0.3, 0.4) is 0 Å². The van der Waals surface area contributed by atoms with Crippen molar-refractivity contribution in [2.24, 2.45) is 0 Å². The minimum absolute atomic E-state index is 0.0525. The van der Waals surface area contributed by atoms with Gasteiger partial charge in [0.2, 0.25) is 0 Å². The van der Waals surface area contributed by atoms with Crippen molar-refractivity contribution in [3.63, 3.8) is 0 Å². The van der Waals surface area contributed by atoms with Gasteiger partial charge in [0.05, 0.1) is 6.54 Å². The predicted octanol–water partition coefficient (Wildman–Crippen LogP) is 2.82. The van der Waals surface area contributed by atoms with Crippen LogP contribution >= 0.6 is 11.6 Å². The maximum absolute atomic E-state index is 11.9. The van der Waals surface area contributed by atoms with Crippen molar-refractivity contribution in [1.82, 2.24) is 10.2 Å². The number of amides is 2. The molecule has 122 valence electrons. The van der Waals surface area contributed by atoms with Gasteiger partial charge in [0.1, 0.15) is 0 Å². The number of nitrogens with zero attached hydrogens (tertiary/aromatic N) is 1. The smallest absolute Gasteiger partial charge is 0.253 e. The number of halogens is 1. The molecule has 0 saturated carbocycles. The maximum Gasteiger partial charge on any atom is 0.253 e. The summed E-state index contributed by atoms with van der Waals surface area (Å²) in [4.78, 5) is 25.2. The van der Waals surface area contributed by atoms with Crippen LogP contribution in [0.5, 0.6) is 0 Å². The molecule has 0 atom stereocenters. The van der Waals surface area contributed by atoms with Gasteiger partial charge >= 0.3 is 0 Å². The third-order valence-electron chi connectivity index (χ3n) is 3.19. The van der Waals surface area contributed by atoms with Crippen LogP contribution in [0.4, 0.5) is 0 Å². The van der Waals surface area contributed by atoms with E-state index in [1.807, 2.05) is 0 Å². The topological polar surface area (TPSA) is 49.4 Å². The molecule has 0 aliphatic rings. The molecule has 0 aliphatic heterocycles. The van der Waals surface area contributed by atoms with Crippen LogP contribution in [0.25, 0.3) is 0 Å². The largest absolute Gasteiger partial charge is 0.345 e.